The van der Waals surface area contributed by atoms with Gasteiger partial charge in [-0.05, 0) is 30.0 Å². The van der Waals surface area contributed by atoms with Crippen molar-refractivity contribution in [3.8, 4) is 0 Å². The predicted octanol–water partition coefficient (Wildman–Crippen LogP) is 2.38. The lowest BCUT2D eigenvalue weighted by Crippen LogP contribution is -2.44. The maximum Gasteiger partial charge on any atom is 0.126 e. The molecule has 0 aliphatic heterocycles. The fourth-order valence-corrected chi connectivity index (χ4v) is 2.28. The highest BCUT2D eigenvalue weighted by Gasteiger charge is 2.35. The van der Waals surface area contributed by atoms with Crippen LogP contribution in [0.4, 0.5) is 4.39 Å². The summed E-state index contributed by atoms with van der Waals surface area (Å²) < 4.78 is 13.5. The minimum absolute atomic E-state index is 0.0810. The second-order valence-electron chi connectivity index (χ2n) is 4.63. The summed E-state index contributed by atoms with van der Waals surface area (Å²) in [6.07, 6.45) is 1.65. The molecular weight excluding hydrogens is 177 g/mol. The Balaban J connectivity index is 2.59. The van der Waals surface area contributed by atoms with Gasteiger partial charge in [0.25, 0.3) is 0 Å². The minimum atomic E-state index is -0.102. The molecule has 2 N–H and O–H groups in total. The van der Waals surface area contributed by atoms with E-state index >= 15 is 0 Å². The summed E-state index contributed by atoms with van der Waals surface area (Å²) in [6, 6.07) is 5.44. The lowest BCUT2D eigenvalue weighted by molar-refractivity contribution is 0.358. The largest absolute Gasteiger partial charge is 0.327 e. The average molecular weight is 193 g/mol. The van der Waals surface area contributed by atoms with Gasteiger partial charge in [0.05, 0.1) is 0 Å². The van der Waals surface area contributed by atoms with Gasteiger partial charge in [-0.25, -0.2) is 4.39 Å². The van der Waals surface area contributed by atoms with Gasteiger partial charge in [0, 0.05) is 11.5 Å². The molecule has 2 heteroatoms. The molecule has 0 saturated carbocycles. The van der Waals surface area contributed by atoms with Crippen LogP contribution in [0.2, 0.25) is 0 Å². The molecule has 0 spiro atoms. The van der Waals surface area contributed by atoms with Gasteiger partial charge in [0.2, 0.25) is 0 Å². The predicted molar refractivity (Wildman–Crippen MR) is 55.7 cm³/mol. The molecule has 1 aliphatic carbocycles. The van der Waals surface area contributed by atoms with E-state index in [1.165, 1.54) is 6.07 Å². The van der Waals surface area contributed by atoms with Crippen LogP contribution in [-0.2, 0) is 11.8 Å². The fourth-order valence-electron chi connectivity index (χ4n) is 2.28. The molecule has 0 heterocycles. The summed E-state index contributed by atoms with van der Waals surface area (Å²) in [6.45, 7) is 4.18. The van der Waals surface area contributed by atoms with Crippen molar-refractivity contribution in [2.75, 3.05) is 0 Å². The monoisotopic (exact) mass is 193 g/mol. The topological polar surface area (TPSA) is 26.0 Å². The first-order chi connectivity index (χ1) is 6.53. The molecule has 0 fully saturated rings. The third-order valence-electron chi connectivity index (χ3n) is 3.45. The van der Waals surface area contributed by atoms with Gasteiger partial charge in [-0.15, -0.1) is 0 Å². The van der Waals surface area contributed by atoms with Crippen LogP contribution in [0.25, 0.3) is 0 Å². The molecule has 1 atom stereocenters. The zero-order valence-corrected chi connectivity index (χ0v) is 8.68. The van der Waals surface area contributed by atoms with Crippen LogP contribution >= 0.6 is 0 Å². The van der Waals surface area contributed by atoms with Crippen LogP contribution in [0, 0.1) is 5.82 Å². The fraction of sp³-hybridized carbons (Fsp3) is 0.500. The molecule has 0 bridgehead atoms. The highest BCUT2D eigenvalue weighted by Crippen LogP contribution is 2.36. The van der Waals surface area contributed by atoms with Crippen molar-refractivity contribution in [1.82, 2.24) is 0 Å². The number of nitrogens with two attached hydrogens (primary N) is 1. The van der Waals surface area contributed by atoms with E-state index in [-0.39, 0.29) is 17.3 Å². The molecular formula is C12H16FN. The van der Waals surface area contributed by atoms with Crippen LogP contribution in [0.3, 0.4) is 0 Å². The van der Waals surface area contributed by atoms with Crippen LogP contribution < -0.4 is 5.73 Å². The minimum Gasteiger partial charge on any atom is -0.327 e. The normalized spacial score (nSPS) is 24.4. The standard InChI is InChI=1S/C12H16FN/c1-12(2)9-4-3-5-10(13)8(9)6-7-11(12)14/h3-5,11H,6-7,14H2,1-2H3. The average Bonchev–Trinajstić information content (AvgIpc) is 2.13. The Morgan fingerprint density at radius 2 is 2.14 bits per heavy atom. The second-order valence-corrected chi connectivity index (χ2v) is 4.63. The Labute approximate surface area is 84.1 Å². The van der Waals surface area contributed by atoms with E-state index < -0.39 is 0 Å². The van der Waals surface area contributed by atoms with E-state index in [0.29, 0.717) is 0 Å². The molecule has 76 valence electrons. The lowest BCUT2D eigenvalue weighted by atomic mass is 9.69. The summed E-state index contributed by atoms with van der Waals surface area (Å²) in [5.74, 6) is -0.0810. The smallest absolute Gasteiger partial charge is 0.126 e. The number of hydrogen-bond acceptors (Lipinski definition) is 1. The molecule has 1 aromatic rings. The summed E-state index contributed by atoms with van der Waals surface area (Å²) in [5, 5.41) is 0. The van der Waals surface area contributed by atoms with Crippen molar-refractivity contribution in [2.45, 2.75) is 38.1 Å². The summed E-state index contributed by atoms with van der Waals surface area (Å²) >= 11 is 0. The Bertz CT molecular complexity index is 357. The molecule has 1 unspecified atom stereocenters. The van der Waals surface area contributed by atoms with Gasteiger partial charge in [-0.2, -0.15) is 0 Å². The van der Waals surface area contributed by atoms with Crippen LogP contribution in [0.5, 0.6) is 0 Å². The van der Waals surface area contributed by atoms with Gasteiger partial charge in [-0.3, -0.25) is 0 Å². The molecule has 0 aromatic heterocycles. The van der Waals surface area contributed by atoms with E-state index in [1.54, 1.807) is 6.07 Å². The molecule has 1 aromatic carbocycles. The first kappa shape index (κ1) is 9.66. The third-order valence-corrected chi connectivity index (χ3v) is 3.45. The third kappa shape index (κ3) is 1.25. The Morgan fingerprint density at radius 3 is 2.86 bits per heavy atom. The van der Waals surface area contributed by atoms with Gasteiger partial charge in [0.15, 0.2) is 0 Å². The molecule has 1 aliphatic rings. The Kier molecular flexibility index (Phi) is 2.11. The van der Waals surface area contributed by atoms with Gasteiger partial charge in [0.1, 0.15) is 5.82 Å². The Morgan fingerprint density at radius 1 is 1.43 bits per heavy atom. The molecule has 0 radical (unpaired) electrons. The van der Waals surface area contributed by atoms with E-state index in [1.807, 2.05) is 6.07 Å². The van der Waals surface area contributed by atoms with E-state index in [0.717, 1.165) is 24.0 Å². The zero-order chi connectivity index (χ0) is 10.3. The van der Waals surface area contributed by atoms with Gasteiger partial charge in [-0.1, -0.05) is 26.0 Å². The number of halogens is 1. The second kappa shape index (κ2) is 3.06. The maximum atomic E-state index is 13.5. The molecule has 0 amide bonds. The van der Waals surface area contributed by atoms with E-state index in [4.69, 9.17) is 5.73 Å². The van der Waals surface area contributed by atoms with Crippen molar-refractivity contribution < 1.29 is 4.39 Å². The quantitative estimate of drug-likeness (QED) is 0.672. The zero-order valence-electron chi connectivity index (χ0n) is 8.68. The summed E-state index contributed by atoms with van der Waals surface area (Å²) in [7, 11) is 0. The highest BCUT2D eigenvalue weighted by atomic mass is 19.1. The summed E-state index contributed by atoms with van der Waals surface area (Å²) in [4.78, 5) is 0. The van der Waals surface area contributed by atoms with Crippen molar-refractivity contribution in [3.63, 3.8) is 0 Å². The van der Waals surface area contributed by atoms with Crippen molar-refractivity contribution in [3.05, 3.63) is 35.1 Å². The number of hydrogen-bond donors (Lipinski definition) is 1. The van der Waals surface area contributed by atoms with Crippen LogP contribution in [0.1, 0.15) is 31.4 Å². The molecule has 0 saturated heterocycles. The van der Waals surface area contributed by atoms with Gasteiger partial charge >= 0.3 is 0 Å². The highest BCUT2D eigenvalue weighted by molar-refractivity contribution is 5.38. The van der Waals surface area contributed by atoms with E-state index in [2.05, 4.69) is 13.8 Å². The first-order valence-corrected chi connectivity index (χ1v) is 5.07. The van der Waals surface area contributed by atoms with E-state index in [9.17, 15) is 4.39 Å². The van der Waals surface area contributed by atoms with Crippen LogP contribution in [-0.4, -0.2) is 6.04 Å². The molecule has 2 rings (SSSR count). The van der Waals surface area contributed by atoms with Gasteiger partial charge < -0.3 is 5.73 Å². The number of benzene rings is 1. The number of rotatable bonds is 0. The van der Waals surface area contributed by atoms with Crippen molar-refractivity contribution in [2.24, 2.45) is 5.73 Å². The first-order valence-electron chi connectivity index (χ1n) is 5.07. The Hall–Kier alpha value is -0.890. The maximum absolute atomic E-state index is 13.5. The molecule has 14 heavy (non-hydrogen) atoms. The number of fused-ring (bicyclic) bond motifs is 1. The van der Waals surface area contributed by atoms with Crippen molar-refractivity contribution in [1.29, 1.82) is 0 Å². The van der Waals surface area contributed by atoms with Crippen LogP contribution in [0.15, 0.2) is 18.2 Å². The SMILES string of the molecule is CC1(C)c2cccc(F)c2CCC1N. The summed E-state index contributed by atoms with van der Waals surface area (Å²) in [5.41, 5.74) is 7.89. The molecule has 1 nitrogen and oxygen atoms in total. The van der Waals surface area contributed by atoms with Crippen molar-refractivity contribution >= 4 is 0 Å². The lowest BCUT2D eigenvalue weighted by Gasteiger charge is -2.38.